The van der Waals surface area contributed by atoms with E-state index in [9.17, 15) is 4.79 Å². The third kappa shape index (κ3) is 5.61. The molecule has 0 aliphatic heterocycles. The van der Waals surface area contributed by atoms with Crippen molar-refractivity contribution in [3.8, 4) is 17.2 Å². The number of esters is 1. The highest BCUT2D eigenvalue weighted by atomic mass is 16.5. The van der Waals surface area contributed by atoms with Crippen LogP contribution >= 0.6 is 0 Å². The quantitative estimate of drug-likeness (QED) is 0.324. The molecule has 0 heterocycles. The fourth-order valence-corrected chi connectivity index (χ4v) is 2.48. The summed E-state index contributed by atoms with van der Waals surface area (Å²) >= 11 is 0. The summed E-state index contributed by atoms with van der Waals surface area (Å²) in [6, 6.07) is 24.0. The monoisotopic (exact) mass is 362 g/mol. The fraction of sp³-hybridized carbons (Fsp3) is 0.174. The lowest BCUT2D eigenvalue weighted by Crippen LogP contribution is -2.10. The Morgan fingerprint density at radius 2 is 1.26 bits per heavy atom. The first-order chi connectivity index (χ1) is 13.2. The SMILES string of the molecule is CCc1ccc(OC(=O)c2ccc(OCCOc3ccccc3)cc2)cc1. The lowest BCUT2D eigenvalue weighted by Gasteiger charge is -2.09. The van der Waals surface area contributed by atoms with Crippen molar-refractivity contribution in [1.29, 1.82) is 0 Å². The summed E-state index contributed by atoms with van der Waals surface area (Å²) in [6.07, 6.45) is 0.950. The molecule has 0 fully saturated rings. The Bertz CT molecular complexity index is 840. The molecule has 138 valence electrons. The van der Waals surface area contributed by atoms with Gasteiger partial charge >= 0.3 is 5.97 Å². The molecule has 0 bridgehead atoms. The van der Waals surface area contributed by atoms with E-state index in [4.69, 9.17) is 14.2 Å². The van der Waals surface area contributed by atoms with Crippen molar-refractivity contribution in [1.82, 2.24) is 0 Å². The molecular weight excluding hydrogens is 340 g/mol. The van der Waals surface area contributed by atoms with E-state index in [1.165, 1.54) is 5.56 Å². The van der Waals surface area contributed by atoms with Crippen molar-refractivity contribution >= 4 is 5.97 Å². The van der Waals surface area contributed by atoms with Crippen LogP contribution in [0.1, 0.15) is 22.8 Å². The molecule has 0 spiro atoms. The summed E-state index contributed by atoms with van der Waals surface area (Å²) in [4.78, 5) is 12.2. The number of aryl methyl sites for hydroxylation is 1. The Morgan fingerprint density at radius 3 is 1.85 bits per heavy atom. The first kappa shape index (κ1) is 18.5. The van der Waals surface area contributed by atoms with Gasteiger partial charge in [-0.05, 0) is 60.5 Å². The van der Waals surface area contributed by atoms with Crippen LogP contribution in [0.5, 0.6) is 17.2 Å². The van der Waals surface area contributed by atoms with Crippen LogP contribution in [0.3, 0.4) is 0 Å². The molecule has 0 saturated heterocycles. The van der Waals surface area contributed by atoms with E-state index in [0.29, 0.717) is 30.3 Å². The highest BCUT2D eigenvalue weighted by molar-refractivity contribution is 5.91. The Morgan fingerprint density at radius 1 is 0.704 bits per heavy atom. The first-order valence-corrected chi connectivity index (χ1v) is 8.96. The molecule has 27 heavy (non-hydrogen) atoms. The molecule has 0 N–H and O–H groups in total. The van der Waals surface area contributed by atoms with Gasteiger partial charge in [-0.3, -0.25) is 0 Å². The van der Waals surface area contributed by atoms with Gasteiger partial charge < -0.3 is 14.2 Å². The maximum Gasteiger partial charge on any atom is 0.343 e. The topological polar surface area (TPSA) is 44.8 Å². The summed E-state index contributed by atoms with van der Waals surface area (Å²) in [6.45, 7) is 2.95. The molecule has 3 aromatic rings. The molecule has 0 radical (unpaired) electrons. The second kappa shape index (κ2) is 9.43. The summed E-state index contributed by atoms with van der Waals surface area (Å²) in [5, 5.41) is 0. The van der Waals surface area contributed by atoms with Gasteiger partial charge in [-0.2, -0.15) is 0 Å². The largest absolute Gasteiger partial charge is 0.490 e. The van der Waals surface area contributed by atoms with Gasteiger partial charge in [0.05, 0.1) is 5.56 Å². The van der Waals surface area contributed by atoms with Crippen molar-refractivity contribution in [3.63, 3.8) is 0 Å². The van der Waals surface area contributed by atoms with Gasteiger partial charge in [0.2, 0.25) is 0 Å². The minimum absolute atomic E-state index is 0.391. The zero-order chi connectivity index (χ0) is 18.9. The van der Waals surface area contributed by atoms with E-state index >= 15 is 0 Å². The Kier molecular flexibility index (Phi) is 6.47. The van der Waals surface area contributed by atoms with Gasteiger partial charge in [0.25, 0.3) is 0 Å². The van der Waals surface area contributed by atoms with Crippen LogP contribution in [0.2, 0.25) is 0 Å². The third-order valence-corrected chi connectivity index (χ3v) is 4.00. The van der Waals surface area contributed by atoms with Gasteiger partial charge in [0.1, 0.15) is 30.5 Å². The summed E-state index contributed by atoms with van der Waals surface area (Å²) in [5.41, 5.74) is 1.68. The molecular formula is C23H22O4. The van der Waals surface area contributed by atoms with Crippen molar-refractivity contribution in [3.05, 3.63) is 90.0 Å². The Labute approximate surface area is 159 Å². The van der Waals surface area contributed by atoms with Crippen molar-refractivity contribution in [2.75, 3.05) is 13.2 Å². The normalized spacial score (nSPS) is 10.3. The maximum atomic E-state index is 12.2. The van der Waals surface area contributed by atoms with Gasteiger partial charge in [0.15, 0.2) is 0 Å². The van der Waals surface area contributed by atoms with Gasteiger partial charge in [-0.25, -0.2) is 4.79 Å². The number of carbonyl (C=O) groups is 1. The maximum absolute atomic E-state index is 12.2. The number of rotatable bonds is 8. The minimum atomic E-state index is -0.391. The predicted molar refractivity (Wildman–Crippen MR) is 105 cm³/mol. The number of ether oxygens (including phenoxy) is 3. The second-order valence-electron chi connectivity index (χ2n) is 5.92. The highest BCUT2D eigenvalue weighted by Crippen LogP contribution is 2.17. The lowest BCUT2D eigenvalue weighted by atomic mass is 10.2. The zero-order valence-corrected chi connectivity index (χ0v) is 15.3. The lowest BCUT2D eigenvalue weighted by molar-refractivity contribution is 0.0734. The average molecular weight is 362 g/mol. The molecule has 0 amide bonds. The van der Waals surface area contributed by atoms with Crippen LogP contribution in [0.25, 0.3) is 0 Å². The molecule has 0 aliphatic rings. The predicted octanol–water partition coefficient (Wildman–Crippen LogP) is 4.93. The smallest absolute Gasteiger partial charge is 0.343 e. The number of para-hydroxylation sites is 1. The molecule has 0 aromatic heterocycles. The summed E-state index contributed by atoms with van der Waals surface area (Å²) < 4.78 is 16.6. The molecule has 0 saturated carbocycles. The molecule has 0 atom stereocenters. The van der Waals surface area contributed by atoms with Crippen LogP contribution in [-0.2, 0) is 6.42 Å². The molecule has 4 nitrogen and oxygen atoms in total. The summed E-state index contributed by atoms with van der Waals surface area (Å²) in [7, 11) is 0. The zero-order valence-electron chi connectivity index (χ0n) is 15.3. The standard InChI is InChI=1S/C23H22O4/c1-2-18-8-12-22(13-9-18)27-23(24)19-10-14-21(15-11-19)26-17-16-25-20-6-4-3-5-7-20/h3-15H,2,16-17H2,1H3. The highest BCUT2D eigenvalue weighted by Gasteiger charge is 2.09. The van der Waals surface area contributed by atoms with E-state index in [1.54, 1.807) is 36.4 Å². The van der Waals surface area contributed by atoms with Crippen LogP contribution in [0, 0.1) is 0 Å². The van der Waals surface area contributed by atoms with E-state index in [1.807, 2.05) is 42.5 Å². The Balaban J connectivity index is 1.46. The van der Waals surface area contributed by atoms with Crippen LogP contribution in [0.15, 0.2) is 78.9 Å². The number of hydrogen-bond acceptors (Lipinski definition) is 4. The van der Waals surface area contributed by atoms with Crippen LogP contribution in [-0.4, -0.2) is 19.2 Å². The number of benzene rings is 3. The Hall–Kier alpha value is -3.27. The minimum Gasteiger partial charge on any atom is -0.490 e. The van der Waals surface area contributed by atoms with Crippen molar-refractivity contribution < 1.29 is 19.0 Å². The van der Waals surface area contributed by atoms with E-state index in [2.05, 4.69) is 6.92 Å². The molecule has 0 aliphatic carbocycles. The van der Waals surface area contributed by atoms with Gasteiger partial charge in [0, 0.05) is 0 Å². The fourth-order valence-electron chi connectivity index (χ4n) is 2.48. The van der Waals surface area contributed by atoms with E-state index < -0.39 is 5.97 Å². The van der Waals surface area contributed by atoms with Crippen molar-refractivity contribution in [2.24, 2.45) is 0 Å². The first-order valence-electron chi connectivity index (χ1n) is 8.96. The number of hydrogen-bond donors (Lipinski definition) is 0. The van der Waals surface area contributed by atoms with E-state index in [-0.39, 0.29) is 0 Å². The number of carbonyl (C=O) groups excluding carboxylic acids is 1. The average Bonchev–Trinajstić information content (AvgIpc) is 2.73. The van der Waals surface area contributed by atoms with Crippen LogP contribution < -0.4 is 14.2 Å². The van der Waals surface area contributed by atoms with Crippen LogP contribution in [0.4, 0.5) is 0 Å². The van der Waals surface area contributed by atoms with Crippen molar-refractivity contribution in [2.45, 2.75) is 13.3 Å². The van der Waals surface area contributed by atoms with E-state index in [0.717, 1.165) is 12.2 Å². The second-order valence-corrected chi connectivity index (χ2v) is 5.92. The molecule has 4 heteroatoms. The third-order valence-electron chi connectivity index (χ3n) is 4.00. The molecule has 3 aromatic carbocycles. The molecule has 0 unspecified atom stereocenters. The molecule has 3 rings (SSSR count). The summed E-state index contributed by atoms with van der Waals surface area (Å²) in [5.74, 6) is 1.63. The van der Waals surface area contributed by atoms with Gasteiger partial charge in [-0.15, -0.1) is 0 Å². The van der Waals surface area contributed by atoms with Gasteiger partial charge in [-0.1, -0.05) is 37.3 Å².